The summed E-state index contributed by atoms with van der Waals surface area (Å²) in [6.45, 7) is 4.72. The number of benzene rings is 7. The van der Waals surface area contributed by atoms with Gasteiger partial charge in [0.05, 0.1) is 11.2 Å². The predicted molar refractivity (Wildman–Crippen MR) is 207 cm³/mol. The molecule has 2 aliphatic rings. The Balaban J connectivity index is 1.01. The van der Waals surface area contributed by atoms with Gasteiger partial charge in [-0.25, -0.2) is 9.97 Å². The summed E-state index contributed by atoms with van der Waals surface area (Å²) in [5.74, 6) is 0.741. The molecule has 0 bridgehead atoms. The molecule has 0 amide bonds. The molecule has 2 nitrogen and oxygen atoms in total. The van der Waals surface area contributed by atoms with Crippen LogP contribution >= 0.6 is 0 Å². The Morgan fingerprint density at radius 3 is 1.78 bits per heavy atom. The lowest BCUT2D eigenvalue weighted by atomic mass is 9.81. The molecule has 2 heteroatoms. The first kappa shape index (κ1) is 28.9. The van der Waals surface area contributed by atoms with E-state index in [-0.39, 0.29) is 5.41 Å². The van der Waals surface area contributed by atoms with Gasteiger partial charge in [0.1, 0.15) is 0 Å². The van der Waals surface area contributed by atoms with Crippen molar-refractivity contribution in [1.29, 1.82) is 0 Å². The zero-order chi connectivity index (χ0) is 33.4. The highest BCUT2D eigenvalue weighted by Crippen LogP contribution is 2.51. The fourth-order valence-electron chi connectivity index (χ4n) is 8.47. The molecule has 1 aromatic heterocycles. The van der Waals surface area contributed by atoms with Gasteiger partial charge in [0.25, 0.3) is 0 Å². The molecule has 0 atom stereocenters. The molecule has 0 radical (unpaired) electrons. The number of aromatic nitrogens is 2. The zero-order valence-corrected chi connectivity index (χ0v) is 28.1. The van der Waals surface area contributed by atoms with Crippen LogP contribution in [0, 0.1) is 0 Å². The fourth-order valence-corrected chi connectivity index (χ4v) is 8.47. The number of hydrogen-bond acceptors (Lipinski definition) is 2. The Labute approximate surface area is 292 Å². The maximum absolute atomic E-state index is 5.10. The highest BCUT2D eigenvalue weighted by atomic mass is 14.9. The Kier molecular flexibility index (Phi) is 6.32. The molecule has 2 aliphatic carbocycles. The first-order chi connectivity index (χ1) is 24.5. The van der Waals surface area contributed by atoms with Gasteiger partial charge in [-0.3, -0.25) is 0 Å². The van der Waals surface area contributed by atoms with Gasteiger partial charge < -0.3 is 0 Å². The van der Waals surface area contributed by atoms with Crippen molar-refractivity contribution in [3.8, 4) is 67.2 Å². The third-order valence-electron chi connectivity index (χ3n) is 11.0. The molecule has 10 rings (SSSR count). The molecule has 0 N–H and O–H groups in total. The van der Waals surface area contributed by atoms with Gasteiger partial charge in [0, 0.05) is 21.9 Å². The van der Waals surface area contributed by atoms with Gasteiger partial charge in [0.15, 0.2) is 5.82 Å². The largest absolute Gasteiger partial charge is 0.228 e. The topological polar surface area (TPSA) is 25.8 Å². The maximum atomic E-state index is 5.10. The van der Waals surface area contributed by atoms with E-state index in [0.29, 0.717) is 0 Å². The number of para-hydroxylation sites is 1. The molecule has 50 heavy (non-hydrogen) atoms. The Morgan fingerprint density at radius 2 is 1.00 bits per heavy atom. The summed E-state index contributed by atoms with van der Waals surface area (Å²) in [6, 6.07) is 57.1. The smallest absolute Gasteiger partial charge is 0.160 e. The second-order valence-corrected chi connectivity index (χ2v) is 14.1. The summed E-state index contributed by atoms with van der Waals surface area (Å²) < 4.78 is 0. The van der Waals surface area contributed by atoms with Crippen molar-refractivity contribution in [2.24, 2.45) is 0 Å². The van der Waals surface area contributed by atoms with E-state index < -0.39 is 0 Å². The fraction of sp³-hybridized carbons (Fsp3) is 0.0833. The summed E-state index contributed by atoms with van der Waals surface area (Å²) in [6.07, 6.45) is 0.910. The maximum Gasteiger partial charge on any atom is 0.160 e. The SMILES string of the molecule is CC1(C)c2ccccc2-c2ccc(-c3cccc4c3Cc3c(-c5ccc(-c6nc(-c7ccccc7)c7ccccc7n6)cc5)cccc3-4)cc21. The minimum atomic E-state index is -0.0246. The Morgan fingerprint density at radius 1 is 0.420 bits per heavy atom. The summed E-state index contributed by atoms with van der Waals surface area (Å²) in [5, 5.41) is 1.06. The lowest BCUT2D eigenvalue weighted by Gasteiger charge is -2.22. The molecular formula is C48H34N2. The van der Waals surface area contributed by atoms with Crippen molar-refractivity contribution in [3.05, 3.63) is 180 Å². The Hall–Kier alpha value is -6.12. The molecule has 7 aromatic carbocycles. The highest BCUT2D eigenvalue weighted by Gasteiger charge is 2.35. The lowest BCUT2D eigenvalue weighted by Crippen LogP contribution is -2.14. The van der Waals surface area contributed by atoms with Gasteiger partial charge >= 0.3 is 0 Å². The normalized spacial score (nSPS) is 13.5. The molecule has 0 saturated carbocycles. The highest BCUT2D eigenvalue weighted by molar-refractivity contribution is 5.94. The van der Waals surface area contributed by atoms with Gasteiger partial charge in [-0.15, -0.1) is 0 Å². The molecule has 0 unspecified atom stereocenters. The summed E-state index contributed by atoms with van der Waals surface area (Å²) in [7, 11) is 0. The van der Waals surface area contributed by atoms with Gasteiger partial charge in [-0.2, -0.15) is 0 Å². The Bertz CT molecular complexity index is 2630. The molecule has 0 fully saturated rings. The van der Waals surface area contributed by atoms with E-state index in [9.17, 15) is 0 Å². The van der Waals surface area contributed by atoms with Crippen LogP contribution in [0.15, 0.2) is 158 Å². The van der Waals surface area contributed by atoms with E-state index in [1.54, 1.807) is 0 Å². The molecule has 236 valence electrons. The van der Waals surface area contributed by atoms with Crippen LogP contribution in [0.4, 0.5) is 0 Å². The van der Waals surface area contributed by atoms with Crippen LogP contribution in [0.2, 0.25) is 0 Å². The van der Waals surface area contributed by atoms with Gasteiger partial charge in [-0.05, 0) is 85.3 Å². The summed E-state index contributed by atoms with van der Waals surface area (Å²) >= 11 is 0. The first-order valence-corrected chi connectivity index (χ1v) is 17.5. The quantitative estimate of drug-likeness (QED) is 0.192. The van der Waals surface area contributed by atoms with Crippen molar-refractivity contribution in [3.63, 3.8) is 0 Å². The van der Waals surface area contributed by atoms with Gasteiger partial charge in [-0.1, -0.05) is 159 Å². The zero-order valence-electron chi connectivity index (χ0n) is 28.1. The molecule has 0 aliphatic heterocycles. The number of nitrogens with zero attached hydrogens (tertiary/aromatic N) is 2. The predicted octanol–water partition coefficient (Wildman–Crippen LogP) is 12.2. The van der Waals surface area contributed by atoms with Crippen molar-refractivity contribution >= 4 is 10.9 Å². The average Bonchev–Trinajstić information content (AvgIpc) is 3.67. The van der Waals surface area contributed by atoms with E-state index in [4.69, 9.17) is 9.97 Å². The standard InChI is InChI=1S/C48H34N2/c1-48(2)43-20-8-6-14-38(43)39-27-26-33(28-44(39)48)35-17-11-19-37-36-18-10-16-34(41(36)29-42(35)37)30-22-24-32(25-23-30)47-49-45-21-9-7-15-40(45)46(50-47)31-12-4-3-5-13-31/h3-28H,29H2,1-2H3. The molecular weight excluding hydrogens is 605 g/mol. The molecule has 0 saturated heterocycles. The van der Waals surface area contributed by atoms with E-state index in [2.05, 4.69) is 159 Å². The van der Waals surface area contributed by atoms with E-state index in [1.807, 2.05) is 12.1 Å². The molecule has 8 aromatic rings. The van der Waals surface area contributed by atoms with E-state index in [0.717, 1.165) is 40.0 Å². The van der Waals surface area contributed by atoms with Crippen LogP contribution in [0.25, 0.3) is 78.1 Å². The van der Waals surface area contributed by atoms with Crippen molar-refractivity contribution in [1.82, 2.24) is 9.97 Å². The van der Waals surface area contributed by atoms with Crippen molar-refractivity contribution in [2.75, 3.05) is 0 Å². The van der Waals surface area contributed by atoms with E-state index in [1.165, 1.54) is 66.8 Å². The van der Waals surface area contributed by atoms with Crippen molar-refractivity contribution in [2.45, 2.75) is 25.7 Å². The number of fused-ring (bicyclic) bond motifs is 7. The van der Waals surface area contributed by atoms with Crippen LogP contribution in [-0.2, 0) is 11.8 Å². The number of hydrogen-bond donors (Lipinski definition) is 0. The van der Waals surface area contributed by atoms with Gasteiger partial charge in [0.2, 0.25) is 0 Å². The van der Waals surface area contributed by atoms with Crippen LogP contribution in [0.3, 0.4) is 0 Å². The monoisotopic (exact) mass is 638 g/mol. The van der Waals surface area contributed by atoms with Crippen LogP contribution in [0.5, 0.6) is 0 Å². The third kappa shape index (κ3) is 4.35. The number of rotatable bonds is 4. The minimum absolute atomic E-state index is 0.0246. The molecule has 0 spiro atoms. The van der Waals surface area contributed by atoms with Crippen LogP contribution in [-0.4, -0.2) is 9.97 Å². The summed E-state index contributed by atoms with van der Waals surface area (Å²) in [4.78, 5) is 10.1. The van der Waals surface area contributed by atoms with E-state index >= 15 is 0 Å². The molecule has 1 heterocycles. The first-order valence-electron chi connectivity index (χ1n) is 17.5. The van der Waals surface area contributed by atoms with Crippen LogP contribution < -0.4 is 0 Å². The average molecular weight is 639 g/mol. The lowest BCUT2D eigenvalue weighted by molar-refractivity contribution is 0.660. The van der Waals surface area contributed by atoms with Crippen molar-refractivity contribution < 1.29 is 0 Å². The second kappa shape index (κ2) is 10.9. The third-order valence-corrected chi connectivity index (χ3v) is 11.0. The minimum Gasteiger partial charge on any atom is -0.228 e. The summed E-state index contributed by atoms with van der Waals surface area (Å²) in [5.41, 5.74) is 20.2. The second-order valence-electron chi connectivity index (χ2n) is 14.1. The van der Waals surface area contributed by atoms with Crippen LogP contribution in [0.1, 0.15) is 36.1 Å².